The van der Waals surface area contributed by atoms with Gasteiger partial charge in [0.1, 0.15) is 0 Å². The molecule has 0 amide bonds. The van der Waals surface area contributed by atoms with E-state index in [0.29, 0.717) is 12.2 Å². The number of carbonyl (C=O) groups is 1. The summed E-state index contributed by atoms with van der Waals surface area (Å²) in [5.41, 5.74) is 3.11. The Balaban J connectivity index is 2.33. The molecular weight excluding hydrogens is 162 g/mol. The third-order valence-corrected chi connectivity index (χ3v) is 2.77. The van der Waals surface area contributed by atoms with Crippen LogP contribution in [-0.2, 0) is 4.79 Å². The van der Waals surface area contributed by atoms with Gasteiger partial charge < -0.3 is 0 Å². The van der Waals surface area contributed by atoms with Crippen LogP contribution in [0.1, 0.15) is 45.4 Å². The number of carbonyl (C=O) groups excluding carboxylic acids is 1. The molecule has 0 aromatic rings. The Bertz CT molecular complexity index is 299. The molecular formula is C11H15NO. The SMILES string of the molecule is CC1=NC2=C(CCCCC2)C(=O)C1. The molecule has 0 unspecified atom stereocenters. The van der Waals surface area contributed by atoms with Crippen molar-refractivity contribution in [3.8, 4) is 0 Å². The van der Waals surface area contributed by atoms with Gasteiger partial charge in [-0.25, -0.2) is 0 Å². The number of Topliss-reactive ketones (excluding diaryl/α,β-unsaturated/α-hetero) is 1. The molecule has 2 aliphatic rings. The topological polar surface area (TPSA) is 29.4 Å². The van der Waals surface area contributed by atoms with Gasteiger partial charge in [-0.1, -0.05) is 6.42 Å². The van der Waals surface area contributed by atoms with Gasteiger partial charge in [-0.15, -0.1) is 0 Å². The number of hydrogen-bond acceptors (Lipinski definition) is 2. The Morgan fingerprint density at radius 1 is 1.15 bits per heavy atom. The van der Waals surface area contributed by atoms with Crippen LogP contribution in [0.15, 0.2) is 16.3 Å². The van der Waals surface area contributed by atoms with Gasteiger partial charge in [-0.2, -0.15) is 0 Å². The Hall–Kier alpha value is -0.920. The number of aliphatic imine (C=N–C) groups is 1. The zero-order valence-corrected chi connectivity index (χ0v) is 8.10. The van der Waals surface area contributed by atoms with E-state index in [4.69, 9.17) is 0 Å². The Labute approximate surface area is 78.7 Å². The summed E-state index contributed by atoms with van der Waals surface area (Å²) in [7, 11) is 0. The average Bonchev–Trinajstić information content (AvgIpc) is 2.28. The second-order valence-corrected chi connectivity index (χ2v) is 3.93. The fourth-order valence-electron chi connectivity index (χ4n) is 2.10. The van der Waals surface area contributed by atoms with Gasteiger partial charge >= 0.3 is 0 Å². The van der Waals surface area contributed by atoms with Crippen LogP contribution in [0.4, 0.5) is 0 Å². The van der Waals surface area contributed by atoms with E-state index in [1.54, 1.807) is 0 Å². The molecule has 2 heteroatoms. The van der Waals surface area contributed by atoms with E-state index in [9.17, 15) is 4.79 Å². The van der Waals surface area contributed by atoms with E-state index in [2.05, 4.69) is 4.99 Å². The molecule has 0 fully saturated rings. The van der Waals surface area contributed by atoms with Crippen molar-refractivity contribution in [3.63, 3.8) is 0 Å². The maximum absolute atomic E-state index is 11.7. The summed E-state index contributed by atoms with van der Waals surface area (Å²) in [6.45, 7) is 1.95. The van der Waals surface area contributed by atoms with Crippen molar-refractivity contribution in [2.75, 3.05) is 0 Å². The molecule has 0 aromatic carbocycles. The van der Waals surface area contributed by atoms with E-state index in [0.717, 1.165) is 29.8 Å². The van der Waals surface area contributed by atoms with Gasteiger partial charge in [0.15, 0.2) is 5.78 Å². The molecule has 0 spiro atoms. The van der Waals surface area contributed by atoms with Crippen molar-refractivity contribution in [1.29, 1.82) is 0 Å². The lowest BCUT2D eigenvalue weighted by Crippen LogP contribution is -2.14. The highest BCUT2D eigenvalue weighted by atomic mass is 16.1. The minimum Gasteiger partial charge on any atom is -0.294 e. The largest absolute Gasteiger partial charge is 0.294 e. The normalized spacial score (nSPS) is 23.8. The molecule has 1 aliphatic heterocycles. The molecule has 0 atom stereocenters. The first kappa shape index (κ1) is 8.67. The van der Waals surface area contributed by atoms with Gasteiger partial charge in [0.05, 0.1) is 0 Å². The van der Waals surface area contributed by atoms with E-state index >= 15 is 0 Å². The number of nitrogens with zero attached hydrogens (tertiary/aromatic N) is 1. The van der Waals surface area contributed by atoms with Crippen LogP contribution in [0.25, 0.3) is 0 Å². The maximum Gasteiger partial charge on any atom is 0.166 e. The minimum atomic E-state index is 0.324. The first-order chi connectivity index (χ1) is 6.27. The molecule has 70 valence electrons. The molecule has 0 saturated heterocycles. The fourth-order valence-corrected chi connectivity index (χ4v) is 2.10. The van der Waals surface area contributed by atoms with Gasteiger partial charge in [0, 0.05) is 23.4 Å². The van der Waals surface area contributed by atoms with Crippen molar-refractivity contribution < 1.29 is 4.79 Å². The van der Waals surface area contributed by atoms with E-state index in [-0.39, 0.29) is 0 Å². The Morgan fingerprint density at radius 2 is 1.92 bits per heavy atom. The average molecular weight is 177 g/mol. The van der Waals surface area contributed by atoms with Gasteiger partial charge in [0.25, 0.3) is 0 Å². The van der Waals surface area contributed by atoms with Gasteiger partial charge in [-0.3, -0.25) is 9.79 Å². The lowest BCUT2D eigenvalue weighted by atomic mass is 9.97. The minimum absolute atomic E-state index is 0.324. The molecule has 0 saturated carbocycles. The summed E-state index contributed by atoms with van der Waals surface area (Å²) in [6, 6.07) is 0. The quantitative estimate of drug-likeness (QED) is 0.559. The molecule has 2 nitrogen and oxygen atoms in total. The standard InChI is InChI=1S/C11H15NO/c1-8-7-11(13)9-5-3-2-4-6-10(9)12-8/h2-7H2,1H3. The van der Waals surface area contributed by atoms with Crippen LogP contribution >= 0.6 is 0 Å². The number of rotatable bonds is 0. The Kier molecular flexibility index (Phi) is 2.30. The molecule has 1 aliphatic carbocycles. The lowest BCUT2D eigenvalue weighted by Gasteiger charge is -2.14. The van der Waals surface area contributed by atoms with E-state index in [1.807, 2.05) is 6.92 Å². The zero-order valence-electron chi connectivity index (χ0n) is 8.10. The number of allylic oxidation sites excluding steroid dienone is 2. The second kappa shape index (κ2) is 3.44. The van der Waals surface area contributed by atoms with E-state index < -0.39 is 0 Å². The van der Waals surface area contributed by atoms with Crippen molar-refractivity contribution in [2.45, 2.75) is 45.4 Å². The predicted octanol–water partition coefficient (Wildman–Crippen LogP) is 2.64. The third kappa shape index (κ3) is 1.71. The van der Waals surface area contributed by atoms with Gasteiger partial charge in [-0.05, 0) is 32.6 Å². The van der Waals surface area contributed by atoms with Crippen molar-refractivity contribution in [3.05, 3.63) is 11.3 Å². The summed E-state index contributed by atoms with van der Waals surface area (Å²) in [4.78, 5) is 16.1. The van der Waals surface area contributed by atoms with Crippen LogP contribution in [0, 0.1) is 0 Å². The van der Waals surface area contributed by atoms with E-state index in [1.165, 1.54) is 19.3 Å². The molecule has 0 radical (unpaired) electrons. The third-order valence-electron chi connectivity index (χ3n) is 2.77. The summed E-state index contributed by atoms with van der Waals surface area (Å²) >= 11 is 0. The Morgan fingerprint density at radius 3 is 2.77 bits per heavy atom. The van der Waals surface area contributed by atoms with Crippen molar-refractivity contribution in [2.24, 2.45) is 4.99 Å². The smallest absolute Gasteiger partial charge is 0.166 e. The predicted molar refractivity (Wildman–Crippen MR) is 52.8 cm³/mol. The summed E-state index contributed by atoms with van der Waals surface area (Å²) in [5, 5.41) is 0. The second-order valence-electron chi connectivity index (χ2n) is 3.93. The molecule has 1 heterocycles. The highest BCUT2D eigenvalue weighted by Crippen LogP contribution is 2.28. The number of ketones is 1. The monoisotopic (exact) mass is 177 g/mol. The summed E-state index contributed by atoms with van der Waals surface area (Å²) in [6.07, 6.45) is 6.14. The van der Waals surface area contributed by atoms with Crippen molar-refractivity contribution >= 4 is 11.5 Å². The van der Waals surface area contributed by atoms with Crippen LogP contribution < -0.4 is 0 Å². The number of hydrogen-bond donors (Lipinski definition) is 0. The highest BCUT2D eigenvalue weighted by Gasteiger charge is 2.21. The van der Waals surface area contributed by atoms with Crippen LogP contribution in [0.2, 0.25) is 0 Å². The molecule has 2 rings (SSSR count). The molecule has 0 N–H and O–H groups in total. The highest BCUT2D eigenvalue weighted by molar-refractivity contribution is 6.11. The van der Waals surface area contributed by atoms with Crippen LogP contribution in [-0.4, -0.2) is 11.5 Å². The van der Waals surface area contributed by atoms with Crippen LogP contribution in [0.3, 0.4) is 0 Å². The summed E-state index contributed by atoms with van der Waals surface area (Å²) < 4.78 is 0. The summed E-state index contributed by atoms with van der Waals surface area (Å²) in [5.74, 6) is 0.324. The maximum atomic E-state index is 11.7. The molecule has 0 aromatic heterocycles. The van der Waals surface area contributed by atoms with Crippen molar-refractivity contribution in [1.82, 2.24) is 0 Å². The first-order valence-electron chi connectivity index (χ1n) is 5.07. The fraction of sp³-hybridized carbons (Fsp3) is 0.636. The van der Waals surface area contributed by atoms with Crippen LogP contribution in [0.5, 0.6) is 0 Å². The lowest BCUT2D eigenvalue weighted by molar-refractivity contribution is -0.114. The zero-order chi connectivity index (χ0) is 9.26. The van der Waals surface area contributed by atoms with Gasteiger partial charge in [0.2, 0.25) is 0 Å². The molecule has 13 heavy (non-hydrogen) atoms. The molecule has 0 bridgehead atoms. The first-order valence-corrected chi connectivity index (χ1v) is 5.07.